The largest absolute Gasteiger partial charge is 0.497 e. The quantitative estimate of drug-likeness (QED) is 0.912. The lowest BCUT2D eigenvalue weighted by Crippen LogP contribution is -2.03. The van der Waals surface area contributed by atoms with Gasteiger partial charge in [0.05, 0.1) is 7.11 Å². The van der Waals surface area contributed by atoms with Gasteiger partial charge in [-0.1, -0.05) is 12.1 Å². The summed E-state index contributed by atoms with van der Waals surface area (Å²) in [7, 11) is 1.66. The Hall–Kier alpha value is -2.10. The van der Waals surface area contributed by atoms with Crippen molar-refractivity contribution < 1.29 is 4.74 Å². The topological polar surface area (TPSA) is 61.0 Å². The summed E-state index contributed by atoms with van der Waals surface area (Å²) >= 11 is 0. The number of hydrogen-bond donors (Lipinski definition) is 1. The van der Waals surface area contributed by atoms with Crippen LogP contribution in [0.2, 0.25) is 0 Å². The summed E-state index contributed by atoms with van der Waals surface area (Å²) < 4.78 is 5.15. The zero-order valence-electron chi connectivity index (χ0n) is 11.0. The molecule has 98 valence electrons. The van der Waals surface area contributed by atoms with Crippen molar-refractivity contribution in [3.63, 3.8) is 0 Å². The highest BCUT2D eigenvalue weighted by Crippen LogP contribution is 2.39. The van der Waals surface area contributed by atoms with Gasteiger partial charge in [0.25, 0.3) is 0 Å². The molecule has 0 unspecified atom stereocenters. The van der Waals surface area contributed by atoms with Gasteiger partial charge in [-0.05, 0) is 30.5 Å². The highest BCUT2D eigenvalue weighted by atomic mass is 16.5. The van der Waals surface area contributed by atoms with Crippen molar-refractivity contribution in [2.24, 2.45) is 0 Å². The molecule has 3 rings (SSSR count). The number of anilines is 1. The second-order valence-electron chi connectivity index (χ2n) is 4.93. The van der Waals surface area contributed by atoms with E-state index in [1.54, 1.807) is 7.11 Å². The minimum atomic E-state index is 0.570. The average Bonchev–Trinajstić information content (AvgIpc) is 3.23. The van der Waals surface area contributed by atoms with E-state index in [2.05, 4.69) is 9.97 Å². The smallest absolute Gasteiger partial charge is 0.135 e. The van der Waals surface area contributed by atoms with Crippen molar-refractivity contribution in [2.75, 3.05) is 12.8 Å². The maximum atomic E-state index is 5.85. The van der Waals surface area contributed by atoms with Gasteiger partial charge < -0.3 is 10.5 Å². The van der Waals surface area contributed by atoms with Crippen molar-refractivity contribution in [2.45, 2.75) is 25.2 Å². The maximum Gasteiger partial charge on any atom is 0.135 e. The molecule has 0 bridgehead atoms. The molecule has 0 spiro atoms. The fourth-order valence-electron chi connectivity index (χ4n) is 2.13. The van der Waals surface area contributed by atoms with E-state index < -0.39 is 0 Å². The van der Waals surface area contributed by atoms with Crippen molar-refractivity contribution in [3.05, 3.63) is 47.4 Å². The van der Waals surface area contributed by atoms with Gasteiger partial charge in [0.2, 0.25) is 0 Å². The molecular weight excluding hydrogens is 238 g/mol. The summed E-state index contributed by atoms with van der Waals surface area (Å²) in [6.07, 6.45) is 3.14. The molecule has 1 aromatic carbocycles. The number of nitrogens with zero attached hydrogens (tertiary/aromatic N) is 2. The van der Waals surface area contributed by atoms with Gasteiger partial charge in [0.15, 0.2) is 0 Å². The van der Waals surface area contributed by atoms with Crippen LogP contribution in [0.1, 0.15) is 35.8 Å². The molecule has 4 nitrogen and oxygen atoms in total. The van der Waals surface area contributed by atoms with Crippen LogP contribution in [-0.2, 0) is 6.42 Å². The maximum absolute atomic E-state index is 5.85. The molecule has 1 heterocycles. The van der Waals surface area contributed by atoms with Crippen LogP contribution in [-0.4, -0.2) is 17.1 Å². The van der Waals surface area contributed by atoms with Gasteiger partial charge in [-0.3, -0.25) is 0 Å². The van der Waals surface area contributed by atoms with Gasteiger partial charge >= 0.3 is 0 Å². The highest BCUT2D eigenvalue weighted by Gasteiger charge is 2.25. The van der Waals surface area contributed by atoms with Crippen molar-refractivity contribution in [1.82, 2.24) is 9.97 Å². The van der Waals surface area contributed by atoms with Crippen LogP contribution in [0.25, 0.3) is 0 Å². The predicted molar refractivity (Wildman–Crippen MR) is 74.2 cm³/mol. The summed E-state index contributed by atoms with van der Waals surface area (Å²) in [5, 5.41) is 0. The van der Waals surface area contributed by atoms with Crippen LogP contribution in [0.5, 0.6) is 5.75 Å². The number of benzene rings is 1. The van der Waals surface area contributed by atoms with Crippen LogP contribution in [0.4, 0.5) is 5.82 Å². The SMILES string of the molecule is COc1ccc(Cc2nc(N)cc(C3CC3)n2)cc1. The summed E-state index contributed by atoms with van der Waals surface area (Å²) in [5.41, 5.74) is 8.11. The number of aromatic nitrogens is 2. The third kappa shape index (κ3) is 2.84. The lowest BCUT2D eigenvalue weighted by atomic mass is 10.1. The minimum Gasteiger partial charge on any atom is -0.497 e. The minimum absolute atomic E-state index is 0.570. The van der Waals surface area contributed by atoms with Gasteiger partial charge in [0.1, 0.15) is 17.4 Å². The lowest BCUT2D eigenvalue weighted by Gasteiger charge is -2.06. The third-order valence-corrected chi connectivity index (χ3v) is 3.33. The molecule has 1 fully saturated rings. The number of nitrogens with two attached hydrogens (primary N) is 1. The van der Waals surface area contributed by atoms with E-state index >= 15 is 0 Å². The molecule has 0 aliphatic heterocycles. The van der Waals surface area contributed by atoms with E-state index in [-0.39, 0.29) is 0 Å². The van der Waals surface area contributed by atoms with Gasteiger partial charge in [-0.2, -0.15) is 0 Å². The molecule has 0 radical (unpaired) electrons. The van der Waals surface area contributed by atoms with E-state index in [1.165, 1.54) is 12.8 Å². The molecular formula is C15H17N3O. The Morgan fingerprint density at radius 3 is 2.58 bits per heavy atom. The normalized spacial score (nSPS) is 14.4. The Labute approximate surface area is 112 Å². The first-order valence-electron chi connectivity index (χ1n) is 6.51. The second-order valence-corrected chi connectivity index (χ2v) is 4.93. The number of nitrogen functional groups attached to an aromatic ring is 1. The van der Waals surface area contributed by atoms with Gasteiger partial charge in [0, 0.05) is 24.1 Å². The van der Waals surface area contributed by atoms with Crippen LogP contribution in [0.3, 0.4) is 0 Å². The van der Waals surface area contributed by atoms with Crippen molar-refractivity contribution in [1.29, 1.82) is 0 Å². The van der Waals surface area contributed by atoms with E-state index in [0.29, 0.717) is 18.2 Å². The second kappa shape index (κ2) is 4.88. The summed E-state index contributed by atoms with van der Waals surface area (Å²) in [6.45, 7) is 0. The van der Waals surface area contributed by atoms with E-state index in [0.717, 1.165) is 22.8 Å². The molecule has 0 amide bonds. The predicted octanol–water partition coefficient (Wildman–Crippen LogP) is 2.54. The molecule has 4 heteroatoms. The molecule has 1 aliphatic rings. The fraction of sp³-hybridized carbons (Fsp3) is 0.333. The van der Waals surface area contributed by atoms with E-state index in [1.807, 2.05) is 30.3 Å². The van der Waals surface area contributed by atoms with Gasteiger partial charge in [-0.15, -0.1) is 0 Å². The first-order chi connectivity index (χ1) is 9.24. The third-order valence-electron chi connectivity index (χ3n) is 3.33. The van der Waals surface area contributed by atoms with Crippen LogP contribution in [0, 0.1) is 0 Å². The van der Waals surface area contributed by atoms with E-state index in [4.69, 9.17) is 10.5 Å². The molecule has 0 atom stereocenters. The Morgan fingerprint density at radius 2 is 1.95 bits per heavy atom. The monoisotopic (exact) mass is 255 g/mol. The zero-order valence-corrected chi connectivity index (χ0v) is 11.0. The Balaban J connectivity index is 1.81. The molecule has 2 aromatic rings. The number of hydrogen-bond acceptors (Lipinski definition) is 4. The number of ether oxygens (including phenoxy) is 1. The van der Waals surface area contributed by atoms with Crippen LogP contribution >= 0.6 is 0 Å². The summed E-state index contributed by atoms with van der Waals surface area (Å²) in [6, 6.07) is 9.85. The lowest BCUT2D eigenvalue weighted by molar-refractivity contribution is 0.414. The number of methoxy groups -OCH3 is 1. The average molecular weight is 255 g/mol. The molecule has 2 N–H and O–H groups in total. The highest BCUT2D eigenvalue weighted by molar-refractivity contribution is 5.35. The molecule has 0 saturated heterocycles. The van der Waals surface area contributed by atoms with Crippen molar-refractivity contribution in [3.8, 4) is 5.75 Å². The summed E-state index contributed by atoms with van der Waals surface area (Å²) in [4.78, 5) is 8.93. The Bertz CT molecular complexity index is 576. The molecule has 1 saturated carbocycles. The molecule has 1 aliphatic carbocycles. The zero-order chi connectivity index (χ0) is 13.2. The first kappa shape index (κ1) is 12.0. The van der Waals surface area contributed by atoms with Crippen LogP contribution < -0.4 is 10.5 Å². The number of rotatable bonds is 4. The Kier molecular flexibility index (Phi) is 3.07. The fourth-order valence-corrected chi connectivity index (χ4v) is 2.13. The first-order valence-corrected chi connectivity index (χ1v) is 6.51. The Morgan fingerprint density at radius 1 is 1.21 bits per heavy atom. The molecule has 1 aromatic heterocycles. The molecule has 19 heavy (non-hydrogen) atoms. The van der Waals surface area contributed by atoms with E-state index in [9.17, 15) is 0 Å². The van der Waals surface area contributed by atoms with Crippen LogP contribution in [0.15, 0.2) is 30.3 Å². The summed E-state index contributed by atoms with van der Waals surface area (Å²) in [5.74, 6) is 2.82. The standard InChI is InChI=1S/C15H17N3O/c1-19-12-6-2-10(3-7-12)8-15-17-13(11-4-5-11)9-14(16)18-15/h2-3,6-7,9,11H,4-5,8H2,1H3,(H2,16,17,18). The van der Waals surface area contributed by atoms with Crippen molar-refractivity contribution >= 4 is 5.82 Å². The van der Waals surface area contributed by atoms with Gasteiger partial charge in [-0.25, -0.2) is 9.97 Å².